The van der Waals surface area contributed by atoms with E-state index in [1.54, 1.807) is 0 Å². The van der Waals surface area contributed by atoms with Crippen molar-refractivity contribution in [3.05, 3.63) is 30.1 Å². The highest BCUT2D eigenvalue weighted by molar-refractivity contribution is 14.0. The summed E-state index contributed by atoms with van der Waals surface area (Å²) in [6, 6.07) is 7.04. The first-order valence-corrected chi connectivity index (χ1v) is 9.00. The minimum atomic E-state index is -0.201. The molecule has 0 bridgehead atoms. The summed E-state index contributed by atoms with van der Waals surface area (Å²) in [6.45, 7) is 9.82. The van der Waals surface area contributed by atoms with E-state index >= 15 is 0 Å². The Kier molecular flexibility index (Phi) is 8.36. The molecule has 2 N–H and O–H groups in total. The van der Waals surface area contributed by atoms with Gasteiger partial charge in [0.25, 0.3) is 0 Å². The number of morpholine rings is 1. The molecule has 0 radical (unpaired) electrons. The average molecular weight is 477 g/mol. The molecule has 0 spiro atoms. The van der Waals surface area contributed by atoms with Crippen LogP contribution in [-0.2, 0) is 4.74 Å². The molecule has 2 heterocycles. The molecule has 3 rings (SSSR count). The fraction of sp³-hybridized carbons (Fsp3) is 0.611. The van der Waals surface area contributed by atoms with E-state index < -0.39 is 0 Å². The van der Waals surface area contributed by atoms with E-state index in [-0.39, 0.29) is 29.8 Å². The average Bonchev–Trinajstić information content (AvgIpc) is 2.67. The van der Waals surface area contributed by atoms with Crippen molar-refractivity contribution < 1.29 is 9.13 Å². The minimum absolute atomic E-state index is 0. The van der Waals surface area contributed by atoms with Crippen LogP contribution in [0.15, 0.2) is 29.3 Å². The summed E-state index contributed by atoms with van der Waals surface area (Å²) in [4.78, 5) is 11.4. The molecule has 1 aromatic carbocycles. The van der Waals surface area contributed by atoms with Gasteiger partial charge < -0.3 is 20.3 Å². The Bertz CT molecular complexity index is 571. The van der Waals surface area contributed by atoms with E-state index in [1.807, 2.05) is 12.1 Å². The van der Waals surface area contributed by atoms with Crippen molar-refractivity contribution in [1.29, 1.82) is 0 Å². The Hall–Kier alpha value is -1.13. The monoisotopic (exact) mass is 477 g/mol. The smallest absolute Gasteiger partial charge is 0.191 e. The summed E-state index contributed by atoms with van der Waals surface area (Å²) in [6.07, 6.45) is 0. The number of rotatable bonds is 4. The largest absolute Gasteiger partial charge is 0.379 e. The van der Waals surface area contributed by atoms with Crippen molar-refractivity contribution in [3.63, 3.8) is 0 Å². The number of guanidine groups is 1. The van der Waals surface area contributed by atoms with Gasteiger partial charge in [-0.15, -0.1) is 24.0 Å². The molecule has 0 saturated carbocycles. The number of hydrogen-bond donors (Lipinski definition) is 1. The predicted molar refractivity (Wildman–Crippen MR) is 114 cm³/mol. The van der Waals surface area contributed by atoms with Crippen molar-refractivity contribution in [2.45, 2.75) is 13.0 Å². The van der Waals surface area contributed by atoms with Crippen molar-refractivity contribution in [2.75, 3.05) is 63.9 Å². The van der Waals surface area contributed by atoms with Gasteiger partial charge in [-0.25, -0.2) is 4.39 Å². The van der Waals surface area contributed by atoms with E-state index in [0.29, 0.717) is 18.5 Å². The van der Waals surface area contributed by atoms with Gasteiger partial charge in [0.1, 0.15) is 5.82 Å². The molecule has 8 heteroatoms. The van der Waals surface area contributed by atoms with Crippen molar-refractivity contribution in [1.82, 2.24) is 9.80 Å². The number of benzene rings is 1. The fourth-order valence-corrected chi connectivity index (χ4v) is 3.31. The Balaban J connectivity index is 0.00000243. The third kappa shape index (κ3) is 5.68. The summed E-state index contributed by atoms with van der Waals surface area (Å²) in [5.74, 6) is 0.423. The number of hydrogen-bond acceptors (Lipinski definition) is 4. The number of halogens is 2. The zero-order chi connectivity index (χ0) is 17.6. The summed E-state index contributed by atoms with van der Waals surface area (Å²) in [7, 11) is 0. The van der Waals surface area contributed by atoms with Gasteiger partial charge in [-0.05, 0) is 31.2 Å². The molecule has 1 aromatic rings. The first kappa shape index (κ1) is 21.2. The molecule has 26 heavy (non-hydrogen) atoms. The van der Waals surface area contributed by atoms with E-state index in [2.05, 4.69) is 26.6 Å². The van der Waals surface area contributed by atoms with Gasteiger partial charge in [-0.2, -0.15) is 0 Å². The quantitative estimate of drug-likeness (QED) is 0.406. The van der Waals surface area contributed by atoms with Crippen molar-refractivity contribution >= 4 is 35.6 Å². The van der Waals surface area contributed by atoms with Crippen LogP contribution in [0, 0.1) is 5.82 Å². The second kappa shape index (κ2) is 10.3. The SMILES string of the molecule is CC(CN=C(N)N1CCN(c2ccc(F)cc2)CC1)N1CCOCC1.I. The standard InChI is InChI=1S/C18H28FN5O.HI/c1-15(22-10-12-25-13-11-22)14-21-18(20)24-8-6-23(7-9-24)17-4-2-16(19)3-5-17;/h2-5,15H,6-14H2,1H3,(H2,20,21);1H. The van der Waals surface area contributed by atoms with Crippen LogP contribution in [0.25, 0.3) is 0 Å². The molecule has 0 amide bonds. The van der Waals surface area contributed by atoms with Gasteiger partial charge in [0.15, 0.2) is 5.96 Å². The van der Waals surface area contributed by atoms with Crippen LogP contribution in [-0.4, -0.2) is 80.8 Å². The molecule has 0 aromatic heterocycles. The van der Waals surface area contributed by atoms with Crippen LogP contribution < -0.4 is 10.6 Å². The first-order valence-electron chi connectivity index (χ1n) is 9.00. The molecule has 0 aliphatic carbocycles. The van der Waals surface area contributed by atoms with Crippen LogP contribution in [0.4, 0.5) is 10.1 Å². The maximum absolute atomic E-state index is 13.0. The molecular formula is C18H29FIN5O. The third-order valence-corrected chi connectivity index (χ3v) is 4.98. The zero-order valence-electron chi connectivity index (χ0n) is 15.3. The first-order chi connectivity index (χ1) is 12.1. The molecular weight excluding hydrogens is 448 g/mol. The summed E-state index contributed by atoms with van der Waals surface area (Å²) < 4.78 is 18.4. The van der Waals surface area contributed by atoms with Crippen LogP contribution in [0.5, 0.6) is 0 Å². The molecule has 1 unspecified atom stereocenters. The highest BCUT2D eigenvalue weighted by atomic mass is 127. The Morgan fingerprint density at radius 1 is 1.12 bits per heavy atom. The lowest BCUT2D eigenvalue weighted by molar-refractivity contribution is 0.0220. The van der Waals surface area contributed by atoms with Gasteiger partial charge in [-0.3, -0.25) is 9.89 Å². The van der Waals surface area contributed by atoms with E-state index in [1.165, 1.54) is 12.1 Å². The number of anilines is 1. The number of piperazine rings is 1. The maximum atomic E-state index is 13.0. The topological polar surface area (TPSA) is 57.3 Å². The zero-order valence-corrected chi connectivity index (χ0v) is 17.6. The number of aliphatic imine (C=N–C) groups is 1. The van der Waals surface area contributed by atoms with Gasteiger partial charge in [0, 0.05) is 51.0 Å². The lowest BCUT2D eigenvalue weighted by atomic mass is 10.2. The van der Waals surface area contributed by atoms with Crippen LogP contribution in [0.3, 0.4) is 0 Å². The second-order valence-electron chi connectivity index (χ2n) is 6.65. The number of nitrogens with two attached hydrogens (primary N) is 1. The predicted octanol–water partition coefficient (Wildman–Crippen LogP) is 1.60. The molecule has 6 nitrogen and oxygen atoms in total. The Labute approximate surface area is 172 Å². The van der Waals surface area contributed by atoms with Crippen molar-refractivity contribution in [3.8, 4) is 0 Å². The fourth-order valence-electron chi connectivity index (χ4n) is 3.31. The highest BCUT2D eigenvalue weighted by Crippen LogP contribution is 2.16. The summed E-state index contributed by atoms with van der Waals surface area (Å²) in [5, 5.41) is 0. The maximum Gasteiger partial charge on any atom is 0.191 e. The van der Waals surface area contributed by atoms with Gasteiger partial charge in [0.05, 0.1) is 19.8 Å². The Morgan fingerprint density at radius 3 is 2.35 bits per heavy atom. The number of nitrogens with zero attached hydrogens (tertiary/aromatic N) is 4. The van der Waals surface area contributed by atoms with Crippen molar-refractivity contribution in [2.24, 2.45) is 10.7 Å². The highest BCUT2D eigenvalue weighted by Gasteiger charge is 2.20. The van der Waals surface area contributed by atoms with E-state index in [9.17, 15) is 4.39 Å². The van der Waals surface area contributed by atoms with Crippen LogP contribution in [0.1, 0.15) is 6.92 Å². The normalized spacial score (nSPS) is 20.6. The molecule has 2 saturated heterocycles. The van der Waals surface area contributed by atoms with E-state index in [4.69, 9.17) is 10.5 Å². The molecule has 146 valence electrons. The molecule has 2 aliphatic rings. The summed E-state index contributed by atoms with van der Waals surface area (Å²) in [5.41, 5.74) is 7.25. The molecule has 2 aliphatic heterocycles. The molecule has 2 fully saturated rings. The van der Waals surface area contributed by atoms with E-state index in [0.717, 1.165) is 58.2 Å². The van der Waals surface area contributed by atoms with Gasteiger partial charge >= 0.3 is 0 Å². The third-order valence-electron chi connectivity index (χ3n) is 4.98. The minimum Gasteiger partial charge on any atom is -0.379 e. The van der Waals surface area contributed by atoms with Crippen LogP contribution in [0.2, 0.25) is 0 Å². The van der Waals surface area contributed by atoms with Crippen LogP contribution >= 0.6 is 24.0 Å². The Morgan fingerprint density at radius 2 is 1.73 bits per heavy atom. The lowest BCUT2D eigenvalue weighted by Gasteiger charge is -2.37. The lowest BCUT2D eigenvalue weighted by Crippen LogP contribution is -2.51. The molecule has 1 atom stereocenters. The van der Waals surface area contributed by atoms with Gasteiger partial charge in [-0.1, -0.05) is 0 Å². The second-order valence-corrected chi connectivity index (χ2v) is 6.65. The number of ether oxygens (including phenoxy) is 1. The van der Waals surface area contributed by atoms with Gasteiger partial charge in [0.2, 0.25) is 0 Å². The summed E-state index contributed by atoms with van der Waals surface area (Å²) >= 11 is 0.